The molecule has 0 bridgehead atoms. The Morgan fingerprint density at radius 3 is 2.92 bits per heavy atom. The minimum absolute atomic E-state index is 0.00425. The number of ether oxygens (including phenoxy) is 1. The minimum Gasteiger partial charge on any atom is -0.482 e. The van der Waals surface area contributed by atoms with Crippen LogP contribution in [0.5, 0.6) is 5.75 Å². The van der Waals surface area contributed by atoms with Crippen LogP contribution >= 0.6 is 0 Å². The Labute approximate surface area is 138 Å². The summed E-state index contributed by atoms with van der Waals surface area (Å²) in [7, 11) is 0. The maximum absolute atomic E-state index is 11.5. The van der Waals surface area contributed by atoms with E-state index in [0.717, 1.165) is 16.6 Å². The highest BCUT2D eigenvalue weighted by Crippen LogP contribution is 2.31. The molecule has 0 unspecified atom stereocenters. The Bertz CT molecular complexity index is 926. The molecule has 120 valence electrons. The summed E-state index contributed by atoms with van der Waals surface area (Å²) in [5.74, 6) is 1.26. The Balaban J connectivity index is 1.58. The van der Waals surface area contributed by atoms with Crippen LogP contribution in [0.2, 0.25) is 0 Å². The van der Waals surface area contributed by atoms with Gasteiger partial charge in [-0.2, -0.15) is 0 Å². The topological polar surface area (TPSA) is 76.1 Å². The molecule has 0 fully saturated rings. The van der Waals surface area contributed by atoms with Gasteiger partial charge in [-0.15, -0.1) is 0 Å². The van der Waals surface area contributed by atoms with Gasteiger partial charge in [0.1, 0.15) is 11.6 Å². The van der Waals surface area contributed by atoms with Crippen molar-refractivity contribution in [2.24, 2.45) is 0 Å². The van der Waals surface area contributed by atoms with E-state index in [1.54, 1.807) is 6.20 Å². The molecule has 6 heteroatoms. The second kappa shape index (κ2) is 5.81. The van der Waals surface area contributed by atoms with Gasteiger partial charge in [-0.05, 0) is 36.8 Å². The van der Waals surface area contributed by atoms with Crippen LogP contribution in [0, 0.1) is 0 Å². The van der Waals surface area contributed by atoms with Gasteiger partial charge in [0, 0.05) is 0 Å². The zero-order valence-electron chi connectivity index (χ0n) is 13.1. The van der Waals surface area contributed by atoms with Gasteiger partial charge >= 0.3 is 0 Å². The fraction of sp³-hybridized carbons (Fsp3) is 0.167. The van der Waals surface area contributed by atoms with E-state index < -0.39 is 0 Å². The van der Waals surface area contributed by atoms with Crippen molar-refractivity contribution in [2.75, 3.05) is 17.2 Å². The third kappa shape index (κ3) is 2.74. The molecule has 0 spiro atoms. The van der Waals surface area contributed by atoms with Crippen LogP contribution in [0.25, 0.3) is 11.0 Å². The number of fused-ring (bicyclic) bond motifs is 2. The number of para-hydroxylation sites is 2. The van der Waals surface area contributed by atoms with Crippen LogP contribution in [0.1, 0.15) is 18.5 Å². The van der Waals surface area contributed by atoms with Gasteiger partial charge in [0.2, 0.25) is 0 Å². The van der Waals surface area contributed by atoms with E-state index in [0.29, 0.717) is 17.3 Å². The van der Waals surface area contributed by atoms with E-state index in [-0.39, 0.29) is 18.6 Å². The van der Waals surface area contributed by atoms with Crippen molar-refractivity contribution in [3.05, 3.63) is 54.2 Å². The Hall–Kier alpha value is -3.15. The smallest absolute Gasteiger partial charge is 0.262 e. The molecule has 1 aromatic heterocycles. The van der Waals surface area contributed by atoms with Crippen LogP contribution in [0.15, 0.2) is 48.7 Å². The zero-order valence-corrected chi connectivity index (χ0v) is 13.1. The summed E-state index contributed by atoms with van der Waals surface area (Å²) in [6, 6.07) is 13.5. The molecule has 3 aromatic rings. The quantitative estimate of drug-likeness (QED) is 0.775. The summed E-state index contributed by atoms with van der Waals surface area (Å²) in [5.41, 5.74) is 3.43. The first-order valence-electron chi connectivity index (χ1n) is 7.74. The van der Waals surface area contributed by atoms with Crippen molar-refractivity contribution in [1.82, 2.24) is 9.97 Å². The first-order chi connectivity index (χ1) is 11.7. The van der Waals surface area contributed by atoms with Gasteiger partial charge in [0.25, 0.3) is 5.91 Å². The average molecular weight is 320 g/mol. The standard InChI is InChI=1S/C18H16N4O2/c1-11(12-6-7-16-15(8-12)22-18(23)10-24-16)20-17-9-19-13-4-2-3-5-14(13)21-17/h2-9,11H,10H2,1H3,(H,20,21)(H,22,23)/t11-/m0/s1. The number of amides is 1. The first-order valence-corrected chi connectivity index (χ1v) is 7.74. The zero-order chi connectivity index (χ0) is 16.5. The van der Waals surface area contributed by atoms with Crippen LogP contribution in [-0.2, 0) is 4.79 Å². The van der Waals surface area contributed by atoms with Gasteiger partial charge in [0.05, 0.1) is 29.0 Å². The molecule has 0 radical (unpaired) electrons. The van der Waals surface area contributed by atoms with E-state index in [1.165, 1.54) is 0 Å². The summed E-state index contributed by atoms with van der Waals surface area (Å²) in [6.07, 6.45) is 1.72. The van der Waals surface area contributed by atoms with Crippen molar-refractivity contribution < 1.29 is 9.53 Å². The molecule has 2 aromatic carbocycles. The number of benzene rings is 2. The number of aromatic nitrogens is 2. The highest BCUT2D eigenvalue weighted by atomic mass is 16.5. The molecule has 1 aliphatic rings. The van der Waals surface area contributed by atoms with Crippen molar-refractivity contribution in [3.8, 4) is 5.75 Å². The summed E-state index contributed by atoms with van der Waals surface area (Å²) in [4.78, 5) is 20.4. The fourth-order valence-electron chi connectivity index (χ4n) is 2.70. The molecule has 0 saturated carbocycles. The molecule has 0 saturated heterocycles. The summed E-state index contributed by atoms with van der Waals surface area (Å²) < 4.78 is 5.38. The van der Waals surface area contributed by atoms with Crippen molar-refractivity contribution in [2.45, 2.75) is 13.0 Å². The largest absolute Gasteiger partial charge is 0.482 e. The lowest BCUT2D eigenvalue weighted by Gasteiger charge is -2.21. The molecule has 1 aliphatic heterocycles. The Kier molecular flexibility index (Phi) is 3.49. The number of nitrogens with zero attached hydrogens (tertiary/aromatic N) is 2. The van der Waals surface area contributed by atoms with Gasteiger partial charge < -0.3 is 15.4 Å². The normalized spacial score (nSPS) is 14.5. The van der Waals surface area contributed by atoms with E-state index in [9.17, 15) is 4.79 Å². The van der Waals surface area contributed by atoms with Crippen LogP contribution < -0.4 is 15.4 Å². The van der Waals surface area contributed by atoms with Gasteiger partial charge in [0.15, 0.2) is 6.61 Å². The lowest BCUT2D eigenvalue weighted by molar-refractivity contribution is -0.118. The van der Waals surface area contributed by atoms with Gasteiger partial charge in [-0.1, -0.05) is 18.2 Å². The number of hydrogen-bond acceptors (Lipinski definition) is 5. The number of nitrogens with one attached hydrogen (secondary N) is 2. The summed E-state index contributed by atoms with van der Waals surface area (Å²) in [5, 5.41) is 6.16. The third-order valence-electron chi connectivity index (χ3n) is 3.95. The van der Waals surface area contributed by atoms with E-state index in [1.807, 2.05) is 49.4 Å². The van der Waals surface area contributed by atoms with Crippen LogP contribution in [-0.4, -0.2) is 22.5 Å². The molecule has 0 aliphatic carbocycles. The maximum atomic E-state index is 11.5. The molecule has 2 N–H and O–H groups in total. The fourth-order valence-corrected chi connectivity index (χ4v) is 2.70. The van der Waals surface area contributed by atoms with Gasteiger partial charge in [-0.25, -0.2) is 4.98 Å². The highest BCUT2D eigenvalue weighted by molar-refractivity contribution is 5.95. The third-order valence-corrected chi connectivity index (χ3v) is 3.95. The Morgan fingerprint density at radius 1 is 1.21 bits per heavy atom. The highest BCUT2D eigenvalue weighted by Gasteiger charge is 2.17. The molecule has 6 nitrogen and oxygen atoms in total. The predicted molar refractivity (Wildman–Crippen MR) is 92.1 cm³/mol. The number of anilines is 2. The maximum Gasteiger partial charge on any atom is 0.262 e. The van der Waals surface area contributed by atoms with Crippen LogP contribution in [0.3, 0.4) is 0 Å². The second-order valence-corrected chi connectivity index (χ2v) is 5.70. The summed E-state index contributed by atoms with van der Waals surface area (Å²) >= 11 is 0. The number of carbonyl (C=O) groups excluding carboxylic acids is 1. The van der Waals surface area contributed by atoms with E-state index in [2.05, 4.69) is 20.6 Å². The second-order valence-electron chi connectivity index (χ2n) is 5.70. The van der Waals surface area contributed by atoms with Crippen molar-refractivity contribution >= 4 is 28.4 Å². The molecular formula is C18H16N4O2. The van der Waals surface area contributed by atoms with Gasteiger partial charge in [-0.3, -0.25) is 9.78 Å². The van der Waals surface area contributed by atoms with E-state index in [4.69, 9.17) is 4.74 Å². The SMILES string of the molecule is C[C@H](Nc1cnc2ccccc2n1)c1ccc2c(c1)NC(=O)CO2. The lowest BCUT2D eigenvalue weighted by atomic mass is 10.1. The van der Waals surface area contributed by atoms with Crippen LogP contribution in [0.4, 0.5) is 11.5 Å². The predicted octanol–water partition coefficient (Wildman–Crippen LogP) is 3.13. The molecule has 1 atom stereocenters. The van der Waals surface area contributed by atoms with Crippen molar-refractivity contribution in [1.29, 1.82) is 0 Å². The number of hydrogen-bond donors (Lipinski definition) is 2. The van der Waals surface area contributed by atoms with E-state index >= 15 is 0 Å². The number of rotatable bonds is 3. The average Bonchev–Trinajstić information content (AvgIpc) is 2.61. The molecule has 24 heavy (non-hydrogen) atoms. The molecular weight excluding hydrogens is 304 g/mol. The van der Waals surface area contributed by atoms with Crippen molar-refractivity contribution in [3.63, 3.8) is 0 Å². The molecule has 1 amide bonds. The Morgan fingerprint density at radius 2 is 2.04 bits per heavy atom. The lowest BCUT2D eigenvalue weighted by Crippen LogP contribution is -2.25. The molecule has 2 heterocycles. The minimum atomic E-state index is -0.138. The monoisotopic (exact) mass is 320 g/mol. The number of carbonyl (C=O) groups is 1. The molecule has 4 rings (SSSR count). The first kappa shape index (κ1) is 14.4. The summed E-state index contributed by atoms with van der Waals surface area (Å²) in [6.45, 7) is 2.09.